The molecule has 6 heteroatoms. The van der Waals surface area contributed by atoms with E-state index in [0.29, 0.717) is 5.92 Å². The first-order chi connectivity index (χ1) is 10.7. The first-order valence-electron chi connectivity index (χ1n) is 7.74. The SMILES string of the molecule is Cc1oncc1-c1ccc2nnc([C@H]3CCC[C@@H](N)C3)n2c1. The number of rotatable bonds is 2. The number of hydrogen-bond donors (Lipinski definition) is 1. The molecule has 6 nitrogen and oxygen atoms in total. The molecule has 22 heavy (non-hydrogen) atoms. The number of pyridine rings is 1. The van der Waals surface area contributed by atoms with E-state index in [-0.39, 0.29) is 6.04 Å². The predicted octanol–water partition coefficient (Wildman–Crippen LogP) is 2.68. The largest absolute Gasteiger partial charge is 0.361 e. The molecule has 2 atom stereocenters. The molecular weight excluding hydrogens is 278 g/mol. The lowest BCUT2D eigenvalue weighted by Gasteiger charge is -2.25. The van der Waals surface area contributed by atoms with E-state index in [0.717, 1.165) is 54.0 Å². The summed E-state index contributed by atoms with van der Waals surface area (Å²) in [6, 6.07) is 4.29. The molecule has 3 aromatic rings. The molecule has 3 heterocycles. The molecule has 1 aliphatic rings. The fraction of sp³-hybridized carbons (Fsp3) is 0.438. The van der Waals surface area contributed by atoms with E-state index in [4.69, 9.17) is 10.3 Å². The summed E-state index contributed by atoms with van der Waals surface area (Å²) in [5.74, 6) is 2.22. The second-order valence-corrected chi connectivity index (χ2v) is 6.12. The number of aryl methyl sites for hydroxylation is 1. The minimum absolute atomic E-state index is 0.273. The van der Waals surface area contributed by atoms with Crippen LogP contribution in [0.1, 0.15) is 43.2 Å². The van der Waals surface area contributed by atoms with Crippen LogP contribution in [0, 0.1) is 6.92 Å². The first kappa shape index (κ1) is 13.5. The second kappa shape index (κ2) is 5.21. The van der Waals surface area contributed by atoms with Crippen LogP contribution in [-0.2, 0) is 0 Å². The molecule has 4 rings (SSSR count). The normalized spacial score (nSPS) is 22.3. The van der Waals surface area contributed by atoms with Gasteiger partial charge >= 0.3 is 0 Å². The van der Waals surface area contributed by atoms with E-state index >= 15 is 0 Å². The van der Waals surface area contributed by atoms with Gasteiger partial charge in [-0.1, -0.05) is 11.6 Å². The summed E-state index contributed by atoms with van der Waals surface area (Å²) in [5.41, 5.74) is 9.06. The Morgan fingerprint density at radius 2 is 2.18 bits per heavy atom. The average molecular weight is 297 g/mol. The molecule has 2 N–H and O–H groups in total. The van der Waals surface area contributed by atoms with Crippen LogP contribution in [0.5, 0.6) is 0 Å². The van der Waals surface area contributed by atoms with E-state index in [1.807, 2.05) is 19.1 Å². The molecule has 1 aliphatic carbocycles. The molecule has 0 amide bonds. The number of nitrogens with two attached hydrogens (primary N) is 1. The van der Waals surface area contributed by atoms with Crippen LogP contribution in [-0.4, -0.2) is 25.8 Å². The Kier molecular flexibility index (Phi) is 3.18. The smallest absolute Gasteiger partial charge is 0.160 e. The molecule has 0 bridgehead atoms. The van der Waals surface area contributed by atoms with Crippen LogP contribution in [0.3, 0.4) is 0 Å². The Morgan fingerprint density at radius 3 is 2.95 bits per heavy atom. The number of fused-ring (bicyclic) bond motifs is 1. The molecule has 0 saturated heterocycles. The highest BCUT2D eigenvalue weighted by Crippen LogP contribution is 2.32. The van der Waals surface area contributed by atoms with Gasteiger partial charge in [-0.2, -0.15) is 0 Å². The van der Waals surface area contributed by atoms with Crippen molar-refractivity contribution in [1.29, 1.82) is 0 Å². The minimum Gasteiger partial charge on any atom is -0.361 e. The van der Waals surface area contributed by atoms with Crippen molar-refractivity contribution in [3.05, 3.63) is 36.1 Å². The van der Waals surface area contributed by atoms with Crippen LogP contribution >= 0.6 is 0 Å². The fourth-order valence-electron chi connectivity index (χ4n) is 3.38. The molecule has 3 aromatic heterocycles. The molecule has 114 valence electrons. The molecule has 0 aliphatic heterocycles. The predicted molar refractivity (Wildman–Crippen MR) is 82.4 cm³/mol. The number of hydrogen-bond acceptors (Lipinski definition) is 5. The van der Waals surface area contributed by atoms with Gasteiger partial charge in [-0.15, -0.1) is 10.2 Å². The van der Waals surface area contributed by atoms with Crippen molar-refractivity contribution in [2.45, 2.75) is 44.6 Å². The maximum absolute atomic E-state index is 6.12. The summed E-state index contributed by atoms with van der Waals surface area (Å²) in [5, 5.41) is 12.6. The van der Waals surface area contributed by atoms with Gasteiger partial charge in [-0.05, 0) is 38.3 Å². The number of nitrogens with zero attached hydrogens (tertiary/aromatic N) is 4. The van der Waals surface area contributed by atoms with E-state index in [1.165, 1.54) is 0 Å². The van der Waals surface area contributed by atoms with Crippen LogP contribution in [0.25, 0.3) is 16.8 Å². The van der Waals surface area contributed by atoms with E-state index < -0.39 is 0 Å². The summed E-state index contributed by atoms with van der Waals surface area (Å²) >= 11 is 0. The van der Waals surface area contributed by atoms with Crippen LogP contribution in [0.4, 0.5) is 0 Å². The van der Waals surface area contributed by atoms with Crippen LogP contribution in [0.15, 0.2) is 29.0 Å². The van der Waals surface area contributed by atoms with Crippen LogP contribution in [0.2, 0.25) is 0 Å². The Hall–Kier alpha value is -2.21. The minimum atomic E-state index is 0.273. The van der Waals surface area contributed by atoms with E-state index in [2.05, 4.69) is 26.0 Å². The quantitative estimate of drug-likeness (QED) is 0.786. The summed E-state index contributed by atoms with van der Waals surface area (Å²) in [6.45, 7) is 1.92. The molecule has 0 unspecified atom stereocenters. The Morgan fingerprint density at radius 1 is 1.27 bits per heavy atom. The van der Waals surface area contributed by atoms with Crippen molar-refractivity contribution in [3.8, 4) is 11.1 Å². The van der Waals surface area contributed by atoms with Gasteiger partial charge in [0.1, 0.15) is 11.6 Å². The first-order valence-corrected chi connectivity index (χ1v) is 7.74. The van der Waals surface area contributed by atoms with Crippen molar-refractivity contribution in [2.24, 2.45) is 5.73 Å². The maximum Gasteiger partial charge on any atom is 0.160 e. The van der Waals surface area contributed by atoms with E-state index in [1.54, 1.807) is 6.20 Å². The average Bonchev–Trinajstić information content (AvgIpc) is 3.12. The topological polar surface area (TPSA) is 82.2 Å². The van der Waals surface area contributed by atoms with Crippen molar-refractivity contribution >= 4 is 5.65 Å². The highest BCUT2D eigenvalue weighted by atomic mass is 16.5. The fourth-order valence-corrected chi connectivity index (χ4v) is 3.38. The summed E-state index contributed by atoms with van der Waals surface area (Å²) in [4.78, 5) is 0. The van der Waals surface area contributed by atoms with Gasteiger partial charge in [0.15, 0.2) is 5.65 Å². The van der Waals surface area contributed by atoms with Crippen molar-refractivity contribution in [2.75, 3.05) is 0 Å². The Bertz CT molecular complexity index is 806. The third-order valence-corrected chi connectivity index (χ3v) is 4.57. The second-order valence-electron chi connectivity index (χ2n) is 6.12. The standard InChI is InChI=1S/C16H19N5O/c1-10-14(8-18-22-10)12-5-6-15-19-20-16(21(15)9-12)11-3-2-4-13(17)7-11/h5-6,8-9,11,13H,2-4,7,17H2,1H3/t11-,13+/m0/s1. The lowest BCUT2D eigenvalue weighted by Crippen LogP contribution is -2.27. The van der Waals surface area contributed by atoms with Gasteiger partial charge < -0.3 is 10.3 Å². The van der Waals surface area contributed by atoms with Crippen molar-refractivity contribution < 1.29 is 4.52 Å². The number of aromatic nitrogens is 4. The third kappa shape index (κ3) is 2.20. The molecule has 1 saturated carbocycles. The summed E-state index contributed by atoms with van der Waals surface area (Å²) in [6.07, 6.45) is 8.20. The van der Waals surface area contributed by atoms with Gasteiger partial charge in [0.2, 0.25) is 0 Å². The van der Waals surface area contributed by atoms with Gasteiger partial charge in [-0.25, -0.2) is 0 Å². The van der Waals surface area contributed by atoms with Crippen LogP contribution < -0.4 is 5.73 Å². The van der Waals surface area contributed by atoms with Crippen molar-refractivity contribution in [1.82, 2.24) is 19.8 Å². The lowest BCUT2D eigenvalue weighted by atomic mass is 9.85. The maximum atomic E-state index is 6.12. The molecule has 0 radical (unpaired) electrons. The molecule has 0 aromatic carbocycles. The molecule has 0 spiro atoms. The highest BCUT2D eigenvalue weighted by molar-refractivity contribution is 5.65. The zero-order valence-corrected chi connectivity index (χ0v) is 12.6. The van der Waals surface area contributed by atoms with Gasteiger partial charge in [-0.3, -0.25) is 4.40 Å². The zero-order valence-electron chi connectivity index (χ0n) is 12.6. The lowest BCUT2D eigenvalue weighted by molar-refractivity contribution is 0.380. The summed E-state index contributed by atoms with van der Waals surface area (Å²) in [7, 11) is 0. The molecular formula is C16H19N5O. The monoisotopic (exact) mass is 297 g/mol. The van der Waals surface area contributed by atoms with Gasteiger partial charge in [0.25, 0.3) is 0 Å². The Balaban J connectivity index is 1.78. The highest BCUT2D eigenvalue weighted by Gasteiger charge is 2.25. The van der Waals surface area contributed by atoms with Gasteiger partial charge in [0, 0.05) is 29.3 Å². The van der Waals surface area contributed by atoms with E-state index in [9.17, 15) is 0 Å². The summed E-state index contributed by atoms with van der Waals surface area (Å²) < 4.78 is 7.25. The zero-order chi connectivity index (χ0) is 15.1. The molecule has 1 fully saturated rings. The third-order valence-electron chi connectivity index (χ3n) is 4.57. The van der Waals surface area contributed by atoms with Gasteiger partial charge in [0.05, 0.1) is 6.20 Å². The van der Waals surface area contributed by atoms with Crippen molar-refractivity contribution in [3.63, 3.8) is 0 Å². The Labute approximate surface area is 128 Å².